The zero-order chi connectivity index (χ0) is 13.5. The van der Waals surface area contributed by atoms with Gasteiger partial charge in [0.25, 0.3) is 0 Å². The number of rotatable bonds is 7. The van der Waals surface area contributed by atoms with Crippen molar-refractivity contribution in [2.24, 2.45) is 0 Å². The van der Waals surface area contributed by atoms with E-state index in [0.717, 1.165) is 6.54 Å². The number of benzene rings is 1. The first-order valence-electron chi connectivity index (χ1n) is 7.13. The average molecular weight is 257 g/mol. The van der Waals surface area contributed by atoms with Gasteiger partial charge in [-0.15, -0.1) is 0 Å². The van der Waals surface area contributed by atoms with E-state index in [-0.39, 0.29) is 0 Å². The van der Waals surface area contributed by atoms with Crippen molar-refractivity contribution >= 4 is 0 Å². The van der Waals surface area contributed by atoms with Gasteiger partial charge in [0.2, 0.25) is 0 Å². The first-order valence-corrected chi connectivity index (χ1v) is 7.13. The number of nitrogens with zero attached hydrogens (tertiary/aromatic N) is 3. The molecule has 0 bridgehead atoms. The van der Waals surface area contributed by atoms with Crippen molar-refractivity contribution in [3.8, 4) is 5.69 Å². The average Bonchev–Trinajstić information content (AvgIpc) is 2.94. The van der Waals surface area contributed by atoms with E-state index >= 15 is 0 Å². The highest BCUT2D eigenvalue weighted by molar-refractivity contribution is 5.34. The van der Waals surface area contributed by atoms with Crippen molar-refractivity contribution in [3.63, 3.8) is 0 Å². The van der Waals surface area contributed by atoms with Gasteiger partial charge in [0.05, 0.1) is 6.33 Å². The van der Waals surface area contributed by atoms with E-state index in [1.165, 1.54) is 37.2 Å². The summed E-state index contributed by atoms with van der Waals surface area (Å²) >= 11 is 0. The summed E-state index contributed by atoms with van der Waals surface area (Å²) < 4.78 is 2.03. The van der Waals surface area contributed by atoms with Crippen LogP contribution in [0.4, 0.5) is 0 Å². The van der Waals surface area contributed by atoms with Crippen LogP contribution in [0.3, 0.4) is 0 Å². The number of aromatic nitrogens is 2. The maximum absolute atomic E-state index is 4.07. The zero-order valence-corrected chi connectivity index (χ0v) is 11.9. The van der Waals surface area contributed by atoms with Crippen molar-refractivity contribution in [1.82, 2.24) is 14.5 Å². The fourth-order valence-corrected chi connectivity index (χ4v) is 2.35. The Kier molecular flexibility index (Phi) is 5.16. The Hall–Kier alpha value is -1.61. The van der Waals surface area contributed by atoms with Crippen LogP contribution in [-0.2, 0) is 6.54 Å². The van der Waals surface area contributed by atoms with Crippen LogP contribution in [0.1, 0.15) is 32.3 Å². The molecular formula is C16H23N3. The van der Waals surface area contributed by atoms with E-state index in [1.54, 1.807) is 6.20 Å². The summed E-state index contributed by atoms with van der Waals surface area (Å²) in [7, 11) is 0. The highest BCUT2D eigenvalue weighted by Crippen LogP contribution is 2.11. The third-order valence-corrected chi connectivity index (χ3v) is 3.22. The van der Waals surface area contributed by atoms with Crippen molar-refractivity contribution in [2.45, 2.75) is 33.2 Å². The molecule has 1 aromatic carbocycles. The summed E-state index contributed by atoms with van der Waals surface area (Å²) in [5.41, 5.74) is 2.55. The molecule has 0 aliphatic carbocycles. The summed E-state index contributed by atoms with van der Waals surface area (Å²) in [6.45, 7) is 7.88. The Bertz CT molecular complexity index is 453. The standard InChI is InChI=1S/C16H23N3/c1-3-10-18(11-4-2)13-15-5-7-16(8-6-15)19-12-9-17-14-19/h5-9,12,14H,3-4,10-11,13H2,1-2H3. The van der Waals surface area contributed by atoms with Crippen LogP contribution >= 0.6 is 0 Å². The van der Waals surface area contributed by atoms with Gasteiger partial charge < -0.3 is 4.57 Å². The summed E-state index contributed by atoms with van der Waals surface area (Å²) in [6.07, 6.45) is 8.03. The first-order chi connectivity index (χ1) is 9.33. The zero-order valence-electron chi connectivity index (χ0n) is 11.9. The van der Waals surface area contributed by atoms with Gasteiger partial charge in [0.1, 0.15) is 0 Å². The van der Waals surface area contributed by atoms with Gasteiger partial charge in [-0.1, -0.05) is 26.0 Å². The van der Waals surface area contributed by atoms with E-state index in [1.807, 2.05) is 17.1 Å². The molecule has 0 spiro atoms. The van der Waals surface area contributed by atoms with Gasteiger partial charge in [-0.25, -0.2) is 4.98 Å². The van der Waals surface area contributed by atoms with Crippen LogP contribution in [0.15, 0.2) is 43.0 Å². The normalized spacial score (nSPS) is 11.1. The van der Waals surface area contributed by atoms with Crippen molar-refractivity contribution < 1.29 is 0 Å². The molecule has 0 aliphatic rings. The topological polar surface area (TPSA) is 21.1 Å². The summed E-state index contributed by atoms with van der Waals surface area (Å²) in [4.78, 5) is 6.59. The predicted molar refractivity (Wildman–Crippen MR) is 79.4 cm³/mol. The molecule has 0 atom stereocenters. The van der Waals surface area contributed by atoms with Crippen LogP contribution < -0.4 is 0 Å². The fourth-order valence-electron chi connectivity index (χ4n) is 2.35. The number of imidazole rings is 1. The van der Waals surface area contributed by atoms with Crippen molar-refractivity contribution in [3.05, 3.63) is 48.5 Å². The molecule has 0 aliphatic heterocycles. The third-order valence-electron chi connectivity index (χ3n) is 3.22. The fraction of sp³-hybridized carbons (Fsp3) is 0.438. The molecule has 0 saturated heterocycles. The molecule has 1 aromatic heterocycles. The molecule has 2 rings (SSSR count). The van der Waals surface area contributed by atoms with Crippen molar-refractivity contribution in [2.75, 3.05) is 13.1 Å². The SMILES string of the molecule is CCCN(CCC)Cc1ccc(-n2ccnc2)cc1. The second-order valence-corrected chi connectivity index (χ2v) is 4.91. The molecular weight excluding hydrogens is 234 g/mol. The van der Waals surface area contributed by atoms with Crippen molar-refractivity contribution in [1.29, 1.82) is 0 Å². The Morgan fingerprint density at radius 1 is 1.05 bits per heavy atom. The molecule has 0 amide bonds. The van der Waals surface area contributed by atoms with Crippen LogP contribution in [-0.4, -0.2) is 27.5 Å². The Morgan fingerprint density at radius 3 is 2.26 bits per heavy atom. The molecule has 0 saturated carbocycles. The molecule has 0 unspecified atom stereocenters. The second-order valence-electron chi connectivity index (χ2n) is 4.91. The number of hydrogen-bond acceptors (Lipinski definition) is 2. The molecule has 3 heteroatoms. The second kappa shape index (κ2) is 7.10. The van der Waals surface area contributed by atoms with E-state index < -0.39 is 0 Å². The molecule has 3 nitrogen and oxygen atoms in total. The van der Waals surface area contributed by atoms with Gasteiger partial charge in [0, 0.05) is 24.6 Å². The highest BCUT2D eigenvalue weighted by atomic mass is 15.1. The van der Waals surface area contributed by atoms with Gasteiger partial charge in [-0.3, -0.25) is 4.90 Å². The van der Waals surface area contributed by atoms with E-state index in [4.69, 9.17) is 0 Å². The molecule has 0 N–H and O–H groups in total. The van der Waals surface area contributed by atoms with Crippen LogP contribution in [0.25, 0.3) is 5.69 Å². The van der Waals surface area contributed by atoms with E-state index in [2.05, 4.69) is 48.0 Å². The van der Waals surface area contributed by atoms with Gasteiger partial charge in [-0.2, -0.15) is 0 Å². The van der Waals surface area contributed by atoms with Crippen LogP contribution in [0.5, 0.6) is 0 Å². The Labute approximate surface area is 115 Å². The minimum absolute atomic E-state index is 1.05. The molecule has 0 radical (unpaired) electrons. The molecule has 2 aromatic rings. The van der Waals surface area contributed by atoms with Gasteiger partial charge >= 0.3 is 0 Å². The van der Waals surface area contributed by atoms with Crippen LogP contribution in [0, 0.1) is 0 Å². The molecule has 1 heterocycles. The lowest BCUT2D eigenvalue weighted by Crippen LogP contribution is -2.24. The number of hydrogen-bond donors (Lipinski definition) is 0. The van der Waals surface area contributed by atoms with E-state index in [0.29, 0.717) is 0 Å². The van der Waals surface area contributed by atoms with Crippen LogP contribution in [0.2, 0.25) is 0 Å². The Morgan fingerprint density at radius 2 is 1.74 bits per heavy atom. The maximum atomic E-state index is 4.07. The van der Waals surface area contributed by atoms with Gasteiger partial charge in [-0.05, 0) is 43.6 Å². The maximum Gasteiger partial charge on any atom is 0.0991 e. The summed E-state index contributed by atoms with van der Waals surface area (Å²) in [5, 5.41) is 0. The first kappa shape index (κ1) is 13.8. The van der Waals surface area contributed by atoms with Gasteiger partial charge in [0.15, 0.2) is 0 Å². The molecule has 102 valence electrons. The lowest BCUT2D eigenvalue weighted by atomic mass is 10.2. The minimum atomic E-state index is 1.05. The predicted octanol–water partition coefficient (Wildman–Crippen LogP) is 3.49. The molecule has 0 fully saturated rings. The summed E-state index contributed by atoms with van der Waals surface area (Å²) in [5.74, 6) is 0. The van der Waals surface area contributed by atoms with E-state index in [9.17, 15) is 0 Å². The largest absolute Gasteiger partial charge is 0.306 e. The quantitative estimate of drug-likeness (QED) is 0.757. The Balaban J connectivity index is 2.01. The third kappa shape index (κ3) is 3.93. The monoisotopic (exact) mass is 257 g/mol. The smallest absolute Gasteiger partial charge is 0.0991 e. The molecule has 19 heavy (non-hydrogen) atoms. The highest BCUT2D eigenvalue weighted by Gasteiger charge is 2.04. The summed E-state index contributed by atoms with van der Waals surface area (Å²) in [6, 6.07) is 8.75. The lowest BCUT2D eigenvalue weighted by Gasteiger charge is -2.21. The lowest BCUT2D eigenvalue weighted by molar-refractivity contribution is 0.266. The minimum Gasteiger partial charge on any atom is -0.306 e.